The van der Waals surface area contributed by atoms with Gasteiger partial charge < -0.3 is 10.4 Å². The summed E-state index contributed by atoms with van der Waals surface area (Å²) < 4.78 is 0. The molecule has 2 N–H and O–H groups in total. The van der Waals surface area contributed by atoms with Crippen LogP contribution in [0.2, 0.25) is 0 Å². The zero-order valence-electron chi connectivity index (χ0n) is 10.8. The molecule has 100 valence electrons. The molecular formula is C14H21NO3. The Bertz CT molecular complexity index is 366. The van der Waals surface area contributed by atoms with Crippen molar-refractivity contribution in [3.8, 4) is 0 Å². The molecule has 0 aromatic heterocycles. The largest absolute Gasteiger partial charge is 0.481 e. The molecule has 18 heavy (non-hydrogen) atoms. The van der Waals surface area contributed by atoms with E-state index in [1.807, 2.05) is 12.2 Å². The van der Waals surface area contributed by atoms with Gasteiger partial charge in [-0.25, -0.2) is 0 Å². The number of carboxylic acid groups (broad SMARTS) is 1. The number of rotatable bonds is 4. The first-order valence-corrected chi connectivity index (χ1v) is 6.78. The Morgan fingerprint density at radius 1 is 1.28 bits per heavy atom. The van der Waals surface area contributed by atoms with E-state index in [-0.39, 0.29) is 11.4 Å². The first-order valence-electron chi connectivity index (χ1n) is 6.78. The van der Waals surface area contributed by atoms with Crippen LogP contribution in [0, 0.1) is 11.8 Å². The van der Waals surface area contributed by atoms with Gasteiger partial charge in [0.2, 0.25) is 5.91 Å². The Labute approximate surface area is 107 Å². The normalized spacial score (nSPS) is 29.4. The summed E-state index contributed by atoms with van der Waals surface area (Å²) in [4.78, 5) is 23.4. The van der Waals surface area contributed by atoms with Crippen LogP contribution < -0.4 is 5.32 Å². The van der Waals surface area contributed by atoms with E-state index >= 15 is 0 Å². The quantitative estimate of drug-likeness (QED) is 0.752. The fourth-order valence-electron chi connectivity index (χ4n) is 2.90. The van der Waals surface area contributed by atoms with E-state index in [9.17, 15) is 14.7 Å². The minimum atomic E-state index is -0.862. The Hall–Kier alpha value is -1.32. The van der Waals surface area contributed by atoms with Crippen LogP contribution in [0.25, 0.3) is 0 Å². The lowest BCUT2D eigenvalue weighted by Gasteiger charge is -2.43. The molecule has 0 spiro atoms. The van der Waals surface area contributed by atoms with E-state index < -0.39 is 17.8 Å². The Morgan fingerprint density at radius 3 is 2.33 bits per heavy atom. The molecular weight excluding hydrogens is 230 g/mol. The molecule has 0 unspecified atom stereocenters. The molecule has 2 atom stereocenters. The average Bonchev–Trinajstić information content (AvgIpc) is 2.33. The number of hydrogen-bond donors (Lipinski definition) is 2. The van der Waals surface area contributed by atoms with E-state index in [4.69, 9.17) is 0 Å². The van der Waals surface area contributed by atoms with Crippen LogP contribution >= 0.6 is 0 Å². The van der Waals surface area contributed by atoms with Gasteiger partial charge in [-0.1, -0.05) is 19.1 Å². The second-order valence-electron chi connectivity index (χ2n) is 5.47. The van der Waals surface area contributed by atoms with Crippen molar-refractivity contribution in [2.45, 2.75) is 51.0 Å². The monoisotopic (exact) mass is 251 g/mol. The van der Waals surface area contributed by atoms with Gasteiger partial charge in [-0.2, -0.15) is 0 Å². The zero-order valence-corrected chi connectivity index (χ0v) is 10.8. The summed E-state index contributed by atoms with van der Waals surface area (Å²) >= 11 is 0. The highest BCUT2D eigenvalue weighted by Gasteiger charge is 2.40. The summed E-state index contributed by atoms with van der Waals surface area (Å²) in [6, 6.07) is 0. The van der Waals surface area contributed by atoms with Crippen molar-refractivity contribution < 1.29 is 14.7 Å². The maximum atomic E-state index is 12.3. The van der Waals surface area contributed by atoms with E-state index in [1.54, 1.807) is 0 Å². The number of allylic oxidation sites excluding steroid dienone is 2. The number of amides is 1. The molecule has 4 nitrogen and oxygen atoms in total. The van der Waals surface area contributed by atoms with E-state index in [0.29, 0.717) is 12.8 Å². The minimum Gasteiger partial charge on any atom is -0.481 e. The average molecular weight is 251 g/mol. The highest BCUT2D eigenvalue weighted by molar-refractivity contribution is 5.85. The van der Waals surface area contributed by atoms with Crippen molar-refractivity contribution in [3.05, 3.63) is 12.2 Å². The number of hydrogen-bond acceptors (Lipinski definition) is 2. The lowest BCUT2D eigenvalue weighted by atomic mass is 9.73. The van der Waals surface area contributed by atoms with Crippen LogP contribution in [0.4, 0.5) is 0 Å². The molecule has 2 rings (SSSR count). The van der Waals surface area contributed by atoms with Gasteiger partial charge in [-0.3, -0.25) is 9.59 Å². The third-order valence-corrected chi connectivity index (χ3v) is 4.46. The smallest absolute Gasteiger partial charge is 0.307 e. The standard InChI is InChI=1S/C14H21NO3/c1-2-14(8-5-9-14)15-12(16)10-6-3-4-7-11(10)13(17)18/h3-4,10-11H,2,5-9H2,1H3,(H,15,16)(H,17,18)/t10-,11+/m1/s1. The number of carboxylic acids is 1. The fraction of sp³-hybridized carbons (Fsp3) is 0.714. The maximum Gasteiger partial charge on any atom is 0.307 e. The predicted molar refractivity (Wildman–Crippen MR) is 68.0 cm³/mol. The molecule has 0 aliphatic heterocycles. The molecule has 0 aromatic rings. The molecule has 4 heteroatoms. The van der Waals surface area contributed by atoms with Crippen LogP contribution in [0.15, 0.2) is 12.2 Å². The highest BCUT2D eigenvalue weighted by Crippen LogP contribution is 2.36. The van der Waals surface area contributed by atoms with Gasteiger partial charge in [0, 0.05) is 5.54 Å². The number of carbonyl (C=O) groups excluding carboxylic acids is 1. The molecule has 0 saturated heterocycles. The summed E-state index contributed by atoms with van der Waals surface area (Å²) in [6.45, 7) is 2.08. The van der Waals surface area contributed by atoms with Crippen molar-refractivity contribution in [1.29, 1.82) is 0 Å². The summed E-state index contributed by atoms with van der Waals surface area (Å²) in [5.74, 6) is -1.91. The Kier molecular flexibility index (Phi) is 3.73. The van der Waals surface area contributed by atoms with E-state index in [1.165, 1.54) is 0 Å². The van der Waals surface area contributed by atoms with Crippen LogP contribution in [-0.4, -0.2) is 22.5 Å². The first-order chi connectivity index (χ1) is 8.58. The number of nitrogens with one attached hydrogen (secondary N) is 1. The summed E-state index contributed by atoms with van der Waals surface area (Å²) in [6.07, 6.45) is 8.92. The van der Waals surface area contributed by atoms with Crippen molar-refractivity contribution in [3.63, 3.8) is 0 Å². The molecule has 1 amide bonds. The van der Waals surface area contributed by atoms with E-state index in [0.717, 1.165) is 25.7 Å². The zero-order chi connectivity index (χ0) is 13.2. The third kappa shape index (κ3) is 2.42. The van der Waals surface area contributed by atoms with E-state index in [2.05, 4.69) is 12.2 Å². The fourth-order valence-corrected chi connectivity index (χ4v) is 2.90. The summed E-state index contributed by atoms with van der Waals surface area (Å²) in [5, 5.41) is 12.3. The van der Waals surface area contributed by atoms with Crippen molar-refractivity contribution in [1.82, 2.24) is 5.32 Å². The second kappa shape index (κ2) is 5.12. The number of aliphatic carboxylic acids is 1. The molecule has 0 heterocycles. The SMILES string of the molecule is CCC1(NC(=O)[C@@H]2CC=CC[C@@H]2C(=O)O)CCC1. The second-order valence-corrected chi connectivity index (χ2v) is 5.47. The summed E-state index contributed by atoms with van der Waals surface area (Å²) in [7, 11) is 0. The first kappa shape index (κ1) is 13.1. The van der Waals surface area contributed by atoms with Crippen molar-refractivity contribution >= 4 is 11.9 Å². The highest BCUT2D eigenvalue weighted by atomic mass is 16.4. The van der Waals surface area contributed by atoms with Gasteiger partial charge in [0.1, 0.15) is 0 Å². The molecule has 2 aliphatic rings. The third-order valence-electron chi connectivity index (χ3n) is 4.46. The lowest BCUT2D eigenvalue weighted by Crippen LogP contribution is -2.55. The minimum absolute atomic E-state index is 0.0543. The van der Waals surface area contributed by atoms with Crippen molar-refractivity contribution in [2.75, 3.05) is 0 Å². The maximum absolute atomic E-state index is 12.3. The summed E-state index contributed by atoms with van der Waals surface area (Å²) in [5.41, 5.74) is -0.0543. The van der Waals surface area contributed by atoms with Crippen LogP contribution in [0.5, 0.6) is 0 Å². The van der Waals surface area contributed by atoms with Crippen LogP contribution in [-0.2, 0) is 9.59 Å². The van der Waals surface area contributed by atoms with Gasteiger partial charge >= 0.3 is 5.97 Å². The molecule has 1 fully saturated rings. The topological polar surface area (TPSA) is 66.4 Å². The number of carbonyl (C=O) groups is 2. The van der Waals surface area contributed by atoms with Gasteiger partial charge in [0.05, 0.1) is 11.8 Å². The van der Waals surface area contributed by atoms with Gasteiger partial charge in [-0.05, 0) is 38.5 Å². The van der Waals surface area contributed by atoms with Gasteiger partial charge in [0.15, 0.2) is 0 Å². The lowest BCUT2D eigenvalue weighted by molar-refractivity contribution is -0.148. The van der Waals surface area contributed by atoms with Crippen molar-refractivity contribution in [2.24, 2.45) is 11.8 Å². The van der Waals surface area contributed by atoms with Crippen LogP contribution in [0.3, 0.4) is 0 Å². The molecule has 1 saturated carbocycles. The Balaban J connectivity index is 2.03. The van der Waals surface area contributed by atoms with Gasteiger partial charge in [0.25, 0.3) is 0 Å². The molecule has 0 bridgehead atoms. The molecule has 0 aromatic carbocycles. The molecule has 0 radical (unpaired) electrons. The van der Waals surface area contributed by atoms with Crippen LogP contribution in [0.1, 0.15) is 45.4 Å². The molecule has 2 aliphatic carbocycles. The Morgan fingerprint density at radius 2 is 1.89 bits per heavy atom. The predicted octanol–water partition coefficient (Wildman–Crippen LogP) is 2.10. The van der Waals surface area contributed by atoms with Gasteiger partial charge in [-0.15, -0.1) is 0 Å².